The highest BCUT2D eigenvalue weighted by Crippen LogP contribution is 2.34. The molecule has 1 amide bonds. The first kappa shape index (κ1) is 12.4. The zero-order valence-corrected chi connectivity index (χ0v) is 10.1. The van der Waals surface area contributed by atoms with Crippen molar-refractivity contribution in [3.63, 3.8) is 0 Å². The van der Waals surface area contributed by atoms with Crippen molar-refractivity contribution in [3.05, 3.63) is 0 Å². The maximum Gasteiger partial charge on any atom is 0.329 e. The van der Waals surface area contributed by atoms with Crippen molar-refractivity contribution in [2.45, 2.75) is 50.7 Å². The smallest absolute Gasteiger partial charge is 0.329 e. The molecule has 2 fully saturated rings. The van der Waals surface area contributed by atoms with Crippen molar-refractivity contribution in [3.8, 4) is 0 Å². The predicted octanol–water partition coefficient (Wildman–Crippen LogP) is 1.02. The second kappa shape index (κ2) is 4.64. The summed E-state index contributed by atoms with van der Waals surface area (Å²) in [7, 11) is 0. The highest BCUT2D eigenvalue weighted by atomic mass is 16.5. The van der Waals surface area contributed by atoms with Gasteiger partial charge in [-0.25, -0.2) is 4.79 Å². The molecule has 2 atom stereocenters. The molecule has 17 heavy (non-hydrogen) atoms. The van der Waals surface area contributed by atoms with Crippen LogP contribution in [0.2, 0.25) is 0 Å². The molecule has 0 aliphatic carbocycles. The standard InChI is InChI=1S/C12H19NO4/c1-2-12(11(15)16)6-4-7-13(12)10(14)9-5-3-8-17-9/h9H,2-8H2,1H3,(H,15,16). The molecular weight excluding hydrogens is 222 g/mol. The number of aliphatic carboxylic acids is 1. The molecule has 2 unspecified atom stereocenters. The minimum absolute atomic E-state index is 0.135. The van der Waals surface area contributed by atoms with Crippen LogP contribution in [0.25, 0.3) is 0 Å². The SMILES string of the molecule is CCC1(C(=O)O)CCCN1C(=O)C1CCCO1. The second-order valence-corrected chi connectivity index (χ2v) is 4.79. The largest absolute Gasteiger partial charge is 0.479 e. The molecule has 2 aliphatic rings. The van der Waals surface area contributed by atoms with Gasteiger partial charge in [0.05, 0.1) is 0 Å². The lowest BCUT2D eigenvalue weighted by Gasteiger charge is -2.35. The first-order valence-corrected chi connectivity index (χ1v) is 6.28. The first-order valence-electron chi connectivity index (χ1n) is 6.28. The van der Waals surface area contributed by atoms with Gasteiger partial charge in [0.1, 0.15) is 11.6 Å². The lowest BCUT2D eigenvalue weighted by molar-refractivity contribution is -0.160. The summed E-state index contributed by atoms with van der Waals surface area (Å²) < 4.78 is 5.36. The molecule has 0 bridgehead atoms. The summed E-state index contributed by atoms with van der Waals surface area (Å²) in [6.07, 6.45) is 2.96. The average molecular weight is 241 g/mol. The molecule has 96 valence electrons. The number of carbonyl (C=O) groups excluding carboxylic acids is 1. The fourth-order valence-corrected chi connectivity index (χ4v) is 2.89. The maximum absolute atomic E-state index is 12.3. The number of rotatable bonds is 3. The van der Waals surface area contributed by atoms with Crippen molar-refractivity contribution >= 4 is 11.9 Å². The Morgan fingerprint density at radius 1 is 1.47 bits per heavy atom. The molecule has 0 aromatic heterocycles. The minimum atomic E-state index is -0.997. The number of nitrogens with zero attached hydrogens (tertiary/aromatic N) is 1. The van der Waals surface area contributed by atoms with Gasteiger partial charge in [0, 0.05) is 13.2 Å². The van der Waals surface area contributed by atoms with Crippen LogP contribution in [0.15, 0.2) is 0 Å². The molecule has 2 aliphatic heterocycles. The van der Waals surface area contributed by atoms with Crippen molar-refractivity contribution in [1.29, 1.82) is 0 Å². The van der Waals surface area contributed by atoms with E-state index in [1.165, 1.54) is 4.90 Å². The van der Waals surface area contributed by atoms with Crippen molar-refractivity contribution < 1.29 is 19.4 Å². The van der Waals surface area contributed by atoms with Crippen LogP contribution in [0.5, 0.6) is 0 Å². The molecule has 0 aromatic carbocycles. The van der Waals surface area contributed by atoms with E-state index in [1.807, 2.05) is 6.92 Å². The first-order chi connectivity index (χ1) is 8.12. The van der Waals surface area contributed by atoms with Gasteiger partial charge in [-0.1, -0.05) is 6.92 Å². The Bertz CT molecular complexity index is 324. The number of carbonyl (C=O) groups is 2. The number of likely N-dealkylation sites (tertiary alicyclic amines) is 1. The molecule has 2 saturated heterocycles. The van der Waals surface area contributed by atoms with Crippen LogP contribution >= 0.6 is 0 Å². The van der Waals surface area contributed by atoms with Gasteiger partial charge < -0.3 is 14.7 Å². The van der Waals surface area contributed by atoms with Gasteiger partial charge in [-0.2, -0.15) is 0 Å². The third kappa shape index (κ3) is 1.92. The average Bonchev–Trinajstić information content (AvgIpc) is 2.97. The summed E-state index contributed by atoms with van der Waals surface area (Å²) in [5.74, 6) is -1.02. The number of carboxylic acids is 1. The van der Waals surface area contributed by atoms with E-state index in [-0.39, 0.29) is 5.91 Å². The second-order valence-electron chi connectivity index (χ2n) is 4.79. The highest BCUT2D eigenvalue weighted by molar-refractivity contribution is 5.90. The fourth-order valence-electron chi connectivity index (χ4n) is 2.89. The predicted molar refractivity (Wildman–Crippen MR) is 60.6 cm³/mol. The summed E-state index contributed by atoms with van der Waals surface area (Å²) in [5, 5.41) is 9.39. The van der Waals surface area contributed by atoms with Crippen LogP contribution in [-0.4, -0.2) is 46.7 Å². The molecule has 0 spiro atoms. The van der Waals surface area contributed by atoms with E-state index in [1.54, 1.807) is 0 Å². The Morgan fingerprint density at radius 3 is 2.76 bits per heavy atom. The van der Waals surface area contributed by atoms with Gasteiger partial charge in [0.25, 0.3) is 5.91 Å². The lowest BCUT2D eigenvalue weighted by Crippen LogP contribution is -2.55. The van der Waals surface area contributed by atoms with E-state index in [0.717, 1.165) is 19.3 Å². The molecule has 0 saturated carbocycles. The van der Waals surface area contributed by atoms with Gasteiger partial charge in [0.2, 0.25) is 0 Å². The van der Waals surface area contributed by atoms with Gasteiger partial charge in [0.15, 0.2) is 0 Å². The van der Waals surface area contributed by atoms with Crippen LogP contribution in [0, 0.1) is 0 Å². The van der Waals surface area contributed by atoms with Crippen LogP contribution in [-0.2, 0) is 14.3 Å². The normalized spacial score (nSPS) is 33.0. The molecule has 2 rings (SSSR count). The number of amides is 1. The fraction of sp³-hybridized carbons (Fsp3) is 0.833. The monoisotopic (exact) mass is 241 g/mol. The van der Waals surface area contributed by atoms with E-state index in [0.29, 0.717) is 26.0 Å². The van der Waals surface area contributed by atoms with E-state index in [9.17, 15) is 14.7 Å². The zero-order valence-electron chi connectivity index (χ0n) is 10.1. The summed E-state index contributed by atoms with van der Waals surface area (Å²) in [6, 6.07) is 0. The Hall–Kier alpha value is -1.10. The summed E-state index contributed by atoms with van der Waals surface area (Å²) in [5.41, 5.74) is -0.997. The topological polar surface area (TPSA) is 66.8 Å². The van der Waals surface area contributed by atoms with Crippen LogP contribution in [0.1, 0.15) is 39.0 Å². The summed E-state index contributed by atoms with van der Waals surface area (Å²) >= 11 is 0. The molecular formula is C12H19NO4. The van der Waals surface area contributed by atoms with Crippen molar-refractivity contribution in [2.24, 2.45) is 0 Å². The van der Waals surface area contributed by atoms with E-state index >= 15 is 0 Å². The quantitative estimate of drug-likeness (QED) is 0.801. The van der Waals surface area contributed by atoms with E-state index in [2.05, 4.69) is 0 Å². The van der Waals surface area contributed by atoms with Gasteiger partial charge in [-0.15, -0.1) is 0 Å². The number of hydrogen-bond donors (Lipinski definition) is 1. The Balaban J connectivity index is 2.18. The number of hydrogen-bond acceptors (Lipinski definition) is 3. The molecule has 2 heterocycles. The maximum atomic E-state index is 12.3. The van der Waals surface area contributed by atoms with Crippen molar-refractivity contribution in [2.75, 3.05) is 13.2 Å². The Labute approximate surface area is 101 Å². The molecule has 0 aromatic rings. The van der Waals surface area contributed by atoms with Crippen molar-refractivity contribution in [1.82, 2.24) is 4.90 Å². The molecule has 0 radical (unpaired) electrons. The Kier molecular flexibility index (Phi) is 3.38. The van der Waals surface area contributed by atoms with Gasteiger partial charge in [-0.05, 0) is 32.1 Å². The molecule has 5 nitrogen and oxygen atoms in total. The zero-order chi connectivity index (χ0) is 12.5. The summed E-state index contributed by atoms with van der Waals surface area (Å²) in [4.78, 5) is 25.2. The Morgan fingerprint density at radius 2 is 2.24 bits per heavy atom. The molecule has 5 heteroatoms. The van der Waals surface area contributed by atoms with Gasteiger partial charge in [-0.3, -0.25) is 4.79 Å². The van der Waals surface area contributed by atoms with Crippen LogP contribution < -0.4 is 0 Å². The summed E-state index contributed by atoms with van der Waals surface area (Å²) in [6.45, 7) is 2.98. The lowest BCUT2D eigenvalue weighted by atomic mass is 9.92. The highest BCUT2D eigenvalue weighted by Gasteiger charge is 2.50. The number of carboxylic acid groups (broad SMARTS) is 1. The van der Waals surface area contributed by atoms with Crippen LogP contribution in [0.4, 0.5) is 0 Å². The number of ether oxygens (including phenoxy) is 1. The van der Waals surface area contributed by atoms with Gasteiger partial charge >= 0.3 is 5.97 Å². The van der Waals surface area contributed by atoms with Crippen LogP contribution in [0.3, 0.4) is 0 Å². The molecule has 1 N–H and O–H groups in total. The third-order valence-electron chi connectivity index (χ3n) is 3.94. The third-order valence-corrected chi connectivity index (χ3v) is 3.94. The minimum Gasteiger partial charge on any atom is -0.479 e. The van der Waals surface area contributed by atoms with E-state index in [4.69, 9.17) is 4.74 Å². The van der Waals surface area contributed by atoms with E-state index < -0.39 is 17.6 Å².